The van der Waals surface area contributed by atoms with Gasteiger partial charge in [0.05, 0.1) is 16.1 Å². The molecule has 0 saturated carbocycles. The van der Waals surface area contributed by atoms with Gasteiger partial charge in [0.25, 0.3) is 10.0 Å². The monoisotopic (exact) mass is 481 g/mol. The predicted octanol–water partition coefficient (Wildman–Crippen LogP) is 4.18. The summed E-state index contributed by atoms with van der Waals surface area (Å²) in [6.07, 6.45) is -2.70. The summed E-state index contributed by atoms with van der Waals surface area (Å²) < 4.78 is 66.3. The van der Waals surface area contributed by atoms with Crippen LogP contribution in [-0.2, 0) is 21.0 Å². The lowest BCUT2D eigenvalue weighted by Gasteiger charge is -2.18. The van der Waals surface area contributed by atoms with Crippen molar-refractivity contribution in [1.29, 1.82) is 0 Å². The summed E-state index contributed by atoms with van der Waals surface area (Å²) in [4.78, 5) is 29.0. The summed E-state index contributed by atoms with van der Waals surface area (Å²) in [6.45, 7) is 4.37. The molecular formula is C22H22F3N3O4S. The van der Waals surface area contributed by atoms with Gasteiger partial charge in [-0.25, -0.2) is 8.42 Å². The molecule has 1 amide bonds. The molecule has 2 N–H and O–H groups in total. The van der Waals surface area contributed by atoms with Crippen molar-refractivity contribution in [2.75, 3.05) is 11.3 Å². The molecule has 1 aliphatic rings. The molecule has 0 radical (unpaired) electrons. The van der Waals surface area contributed by atoms with Crippen molar-refractivity contribution in [1.82, 2.24) is 5.32 Å². The zero-order valence-corrected chi connectivity index (χ0v) is 18.6. The van der Waals surface area contributed by atoms with Gasteiger partial charge in [0, 0.05) is 24.0 Å². The maximum Gasteiger partial charge on any atom is 0.416 e. The Kier molecular flexibility index (Phi) is 6.92. The van der Waals surface area contributed by atoms with Crippen LogP contribution in [0.3, 0.4) is 0 Å². The normalized spacial score (nSPS) is 15.9. The van der Waals surface area contributed by atoms with Crippen molar-refractivity contribution < 1.29 is 31.2 Å². The van der Waals surface area contributed by atoms with Gasteiger partial charge in [-0.1, -0.05) is 19.9 Å². The number of fused-ring (bicyclic) bond motifs is 1. The van der Waals surface area contributed by atoms with E-state index >= 15 is 0 Å². The predicted molar refractivity (Wildman–Crippen MR) is 117 cm³/mol. The summed E-state index contributed by atoms with van der Waals surface area (Å²) in [5.74, 6) is -1.98. The van der Waals surface area contributed by atoms with Gasteiger partial charge in [-0.2, -0.15) is 13.2 Å². The number of rotatable bonds is 7. The number of sulfonamides is 1. The highest BCUT2D eigenvalue weighted by Crippen LogP contribution is 2.32. The topological polar surface area (TPSA) is 105 Å². The number of carbonyl (C=O) groups is 2. The van der Waals surface area contributed by atoms with Gasteiger partial charge >= 0.3 is 6.18 Å². The number of benzene rings is 2. The van der Waals surface area contributed by atoms with E-state index in [9.17, 15) is 31.2 Å². The third-order valence-corrected chi connectivity index (χ3v) is 6.31. The zero-order chi connectivity index (χ0) is 24.4. The second-order valence-electron chi connectivity index (χ2n) is 7.96. The molecule has 0 saturated heterocycles. The van der Waals surface area contributed by atoms with Crippen LogP contribution in [-0.4, -0.2) is 32.9 Å². The number of hydrogen-bond acceptors (Lipinski definition) is 5. The minimum atomic E-state index is -4.64. The molecule has 11 heteroatoms. The first-order valence-electron chi connectivity index (χ1n) is 10.1. The molecule has 0 aromatic heterocycles. The maximum atomic E-state index is 12.9. The molecule has 0 fully saturated rings. The molecule has 2 aromatic rings. The number of anilines is 1. The van der Waals surface area contributed by atoms with E-state index in [-0.39, 0.29) is 21.8 Å². The zero-order valence-electron chi connectivity index (χ0n) is 17.8. The Morgan fingerprint density at radius 2 is 1.88 bits per heavy atom. The first-order chi connectivity index (χ1) is 15.4. The average Bonchev–Trinajstić information content (AvgIpc) is 2.72. The Labute approximate surface area is 189 Å². The Morgan fingerprint density at radius 3 is 2.55 bits per heavy atom. The van der Waals surface area contributed by atoms with Crippen LogP contribution >= 0.6 is 0 Å². The lowest BCUT2D eigenvalue weighted by molar-refractivity contribution is -0.137. The van der Waals surface area contributed by atoms with Crippen molar-refractivity contribution in [2.45, 2.75) is 31.3 Å². The fourth-order valence-corrected chi connectivity index (χ4v) is 4.21. The molecule has 33 heavy (non-hydrogen) atoms. The molecule has 176 valence electrons. The van der Waals surface area contributed by atoms with Crippen molar-refractivity contribution in [3.63, 3.8) is 0 Å². The van der Waals surface area contributed by atoms with Gasteiger partial charge in [0.1, 0.15) is 5.92 Å². The second-order valence-corrected chi connectivity index (χ2v) is 9.64. The average molecular weight is 481 g/mol. The fraction of sp³-hybridized carbons (Fsp3) is 0.318. The SMILES string of the molecule is CC(C)CCNC(=O)C1C=Nc2ccc(S(=O)(=O)Nc3cccc(C(F)(F)F)c3)cc2C1=O. The van der Waals surface area contributed by atoms with Crippen molar-refractivity contribution >= 4 is 39.3 Å². The third-order valence-electron chi connectivity index (χ3n) is 4.93. The fourth-order valence-electron chi connectivity index (χ4n) is 3.14. The number of nitrogens with zero attached hydrogens (tertiary/aromatic N) is 1. The molecule has 1 atom stereocenters. The molecule has 0 bridgehead atoms. The first-order valence-corrected chi connectivity index (χ1v) is 11.6. The summed E-state index contributed by atoms with van der Waals surface area (Å²) >= 11 is 0. The molecule has 7 nitrogen and oxygen atoms in total. The number of aliphatic imine (C=N–C) groups is 1. The Balaban J connectivity index is 1.83. The largest absolute Gasteiger partial charge is 0.416 e. The van der Waals surface area contributed by atoms with E-state index in [1.807, 2.05) is 13.8 Å². The van der Waals surface area contributed by atoms with E-state index in [4.69, 9.17) is 0 Å². The molecule has 3 rings (SSSR count). The van der Waals surface area contributed by atoms with Crippen LogP contribution < -0.4 is 10.0 Å². The van der Waals surface area contributed by atoms with Gasteiger partial charge in [-0.15, -0.1) is 0 Å². The highest BCUT2D eigenvalue weighted by Gasteiger charge is 2.33. The van der Waals surface area contributed by atoms with E-state index < -0.39 is 39.4 Å². The van der Waals surface area contributed by atoms with Crippen LogP contribution in [0.1, 0.15) is 36.2 Å². The lowest BCUT2D eigenvalue weighted by Crippen LogP contribution is -2.38. The molecule has 0 spiro atoms. The number of hydrogen-bond donors (Lipinski definition) is 2. The molecule has 1 heterocycles. The number of Topliss-reactive ketones (excluding diaryl/α,β-unsaturated/α-hetero) is 1. The molecular weight excluding hydrogens is 459 g/mol. The number of nitrogens with one attached hydrogen (secondary N) is 2. The van der Waals surface area contributed by atoms with Gasteiger partial charge < -0.3 is 5.32 Å². The van der Waals surface area contributed by atoms with E-state index in [1.54, 1.807) is 0 Å². The van der Waals surface area contributed by atoms with Gasteiger partial charge in [-0.05, 0) is 48.7 Å². The standard InChI is InChI=1S/C22H22F3N3O4S/c1-13(2)8-9-26-21(30)18-12-27-19-7-6-16(11-17(19)20(18)29)33(31,32)28-15-5-3-4-14(10-15)22(23,24)25/h3-7,10-13,18,28H,8-9H2,1-2H3,(H,26,30). The Morgan fingerprint density at radius 1 is 1.15 bits per heavy atom. The Bertz CT molecular complexity index is 1210. The van der Waals surface area contributed by atoms with E-state index in [2.05, 4.69) is 15.0 Å². The summed E-state index contributed by atoms with van der Waals surface area (Å²) in [5, 5.41) is 2.67. The highest BCUT2D eigenvalue weighted by molar-refractivity contribution is 7.92. The van der Waals surface area contributed by atoms with Crippen LogP contribution in [0.25, 0.3) is 0 Å². The van der Waals surface area contributed by atoms with E-state index in [0.717, 1.165) is 24.6 Å². The van der Waals surface area contributed by atoms with Gasteiger partial charge in [0.15, 0.2) is 5.78 Å². The van der Waals surface area contributed by atoms with Crippen LogP contribution in [0.4, 0.5) is 24.5 Å². The smallest absolute Gasteiger partial charge is 0.355 e. The van der Waals surface area contributed by atoms with Gasteiger partial charge in [-0.3, -0.25) is 19.3 Å². The minimum absolute atomic E-state index is 0.0616. The van der Waals surface area contributed by atoms with Crippen molar-refractivity contribution in [2.24, 2.45) is 16.8 Å². The van der Waals surface area contributed by atoms with Crippen LogP contribution in [0.5, 0.6) is 0 Å². The third kappa shape index (κ3) is 5.78. The molecule has 2 aromatic carbocycles. The van der Waals surface area contributed by atoms with Crippen molar-refractivity contribution in [3.05, 3.63) is 53.6 Å². The number of alkyl halides is 3. The number of carbonyl (C=O) groups excluding carboxylic acids is 2. The summed E-state index contributed by atoms with van der Waals surface area (Å²) in [5.41, 5.74) is -1.16. The van der Waals surface area contributed by atoms with E-state index in [0.29, 0.717) is 18.5 Å². The van der Waals surface area contributed by atoms with Crippen LogP contribution in [0.2, 0.25) is 0 Å². The lowest BCUT2D eigenvalue weighted by atomic mass is 9.94. The quantitative estimate of drug-likeness (QED) is 0.579. The first kappa shape index (κ1) is 24.4. The molecule has 1 unspecified atom stereocenters. The number of amides is 1. The second kappa shape index (κ2) is 9.34. The molecule has 1 aliphatic heterocycles. The number of halogens is 3. The number of ketones is 1. The van der Waals surface area contributed by atoms with Crippen LogP contribution in [0, 0.1) is 11.8 Å². The van der Waals surface area contributed by atoms with E-state index in [1.165, 1.54) is 24.4 Å². The van der Waals surface area contributed by atoms with Gasteiger partial charge in [0.2, 0.25) is 5.91 Å². The maximum absolute atomic E-state index is 12.9. The summed E-state index contributed by atoms with van der Waals surface area (Å²) in [7, 11) is -4.32. The molecule has 0 aliphatic carbocycles. The Hall–Kier alpha value is -3.21. The van der Waals surface area contributed by atoms with Crippen molar-refractivity contribution in [3.8, 4) is 0 Å². The summed E-state index contributed by atoms with van der Waals surface area (Å²) in [6, 6.07) is 7.30. The minimum Gasteiger partial charge on any atom is -0.355 e. The van der Waals surface area contributed by atoms with Crippen LogP contribution in [0.15, 0.2) is 52.4 Å². The highest BCUT2D eigenvalue weighted by atomic mass is 32.2.